The molecule has 0 saturated heterocycles. The van der Waals surface area contributed by atoms with Crippen LogP contribution < -0.4 is 10.1 Å². The van der Waals surface area contributed by atoms with Gasteiger partial charge in [-0.25, -0.2) is 0 Å². The summed E-state index contributed by atoms with van der Waals surface area (Å²) in [5.74, 6) is 0.832. The van der Waals surface area contributed by atoms with Crippen LogP contribution in [0.4, 0.5) is 0 Å². The van der Waals surface area contributed by atoms with E-state index in [1.807, 2.05) is 13.2 Å². The fourth-order valence-electron chi connectivity index (χ4n) is 2.59. The zero-order chi connectivity index (χ0) is 15.2. The molecule has 0 spiro atoms. The minimum absolute atomic E-state index is 0.126. The molecule has 1 unspecified atom stereocenters. The number of hydrogen-bond acceptors (Lipinski definition) is 3. The maximum atomic E-state index is 5.68. The third kappa shape index (κ3) is 4.05. The molecule has 0 amide bonds. The minimum atomic E-state index is 0.126. The Morgan fingerprint density at radius 2 is 1.76 bits per heavy atom. The highest BCUT2D eigenvalue weighted by atomic mass is 16.5. The topological polar surface area (TPSA) is 34.1 Å². The Morgan fingerprint density at radius 1 is 1.05 bits per heavy atom. The molecule has 0 fully saturated rings. The first-order chi connectivity index (χ1) is 10.1. The van der Waals surface area contributed by atoms with Gasteiger partial charge in [-0.1, -0.05) is 36.2 Å². The lowest BCUT2D eigenvalue weighted by Gasteiger charge is -2.19. The zero-order valence-electron chi connectivity index (χ0n) is 13.3. The molecule has 3 nitrogen and oxygen atoms in total. The summed E-state index contributed by atoms with van der Waals surface area (Å²) in [7, 11) is 1.97. The van der Waals surface area contributed by atoms with Crippen LogP contribution in [0.5, 0.6) is 5.75 Å². The molecule has 0 saturated carbocycles. The molecule has 0 aliphatic rings. The second-order valence-corrected chi connectivity index (χ2v) is 5.45. The molecule has 2 rings (SSSR count). The van der Waals surface area contributed by atoms with Gasteiger partial charge in [0.05, 0.1) is 18.8 Å². The van der Waals surface area contributed by atoms with E-state index in [-0.39, 0.29) is 6.04 Å². The smallest absolute Gasteiger partial charge is 0.137 e. The first kappa shape index (κ1) is 15.5. The lowest BCUT2D eigenvalue weighted by Crippen LogP contribution is -2.18. The number of ether oxygens (including phenoxy) is 1. The minimum Gasteiger partial charge on any atom is -0.492 e. The van der Waals surface area contributed by atoms with Gasteiger partial charge in [-0.3, -0.25) is 4.98 Å². The van der Waals surface area contributed by atoms with Gasteiger partial charge < -0.3 is 10.1 Å². The van der Waals surface area contributed by atoms with Crippen LogP contribution >= 0.6 is 0 Å². The highest BCUT2D eigenvalue weighted by Gasteiger charge is 2.14. The summed E-state index contributed by atoms with van der Waals surface area (Å²) >= 11 is 0. The van der Waals surface area contributed by atoms with Gasteiger partial charge in [-0.2, -0.15) is 0 Å². The van der Waals surface area contributed by atoms with E-state index in [0.717, 1.165) is 24.3 Å². The SMILES string of the molecule is CCCOc1cncc(C(NC)c2cc(C)cc(C)c2)c1. The third-order valence-corrected chi connectivity index (χ3v) is 3.41. The van der Waals surface area contributed by atoms with Crippen molar-refractivity contribution in [2.45, 2.75) is 33.2 Å². The fraction of sp³-hybridized carbons (Fsp3) is 0.389. The second kappa shape index (κ2) is 7.23. The highest BCUT2D eigenvalue weighted by molar-refractivity contribution is 5.38. The summed E-state index contributed by atoms with van der Waals surface area (Å²) in [5.41, 5.74) is 4.92. The molecule has 1 N–H and O–H groups in total. The van der Waals surface area contributed by atoms with Crippen LogP contribution in [0.1, 0.15) is 41.6 Å². The first-order valence-electron chi connectivity index (χ1n) is 7.47. The zero-order valence-corrected chi connectivity index (χ0v) is 13.3. The number of benzene rings is 1. The van der Waals surface area contributed by atoms with Crippen molar-refractivity contribution in [2.75, 3.05) is 13.7 Å². The number of nitrogens with one attached hydrogen (secondary N) is 1. The van der Waals surface area contributed by atoms with E-state index in [0.29, 0.717) is 0 Å². The molecule has 0 radical (unpaired) electrons. The molecular weight excluding hydrogens is 260 g/mol. The van der Waals surface area contributed by atoms with Gasteiger partial charge in [-0.05, 0) is 44.5 Å². The summed E-state index contributed by atoms with van der Waals surface area (Å²) in [4.78, 5) is 4.31. The Labute approximate surface area is 127 Å². The monoisotopic (exact) mass is 284 g/mol. The number of nitrogens with zero attached hydrogens (tertiary/aromatic N) is 1. The van der Waals surface area contributed by atoms with Gasteiger partial charge >= 0.3 is 0 Å². The average Bonchev–Trinajstić information content (AvgIpc) is 2.45. The molecular formula is C18H24N2O. The van der Waals surface area contributed by atoms with Gasteiger partial charge in [-0.15, -0.1) is 0 Å². The van der Waals surface area contributed by atoms with Gasteiger partial charge in [0, 0.05) is 6.20 Å². The van der Waals surface area contributed by atoms with Crippen LogP contribution in [0.3, 0.4) is 0 Å². The molecule has 0 aliphatic carbocycles. The molecule has 1 aromatic carbocycles. The summed E-state index contributed by atoms with van der Waals surface area (Å²) in [6, 6.07) is 8.82. The summed E-state index contributed by atoms with van der Waals surface area (Å²) in [5, 5.41) is 3.38. The molecule has 3 heteroatoms. The normalized spacial score (nSPS) is 12.2. The Morgan fingerprint density at radius 3 is 2.38 bits per heavy atom. The maximum Gasteiger partial charge on any atom is 0.137 e. The second-order valence-electron chi connectivity index (χ2n) is 5.45. The molecule has 1 aromatic heterocycles. The fourth-order valence-corrected chi connectivity index (χ4v) is 2.59. The largest absolute Gasteiger partial charge is 0.492 e. The van der Waals surface area contributed by atoms with Gasteiger partial charge in [0.15, 0.2) is 0 Å². The molecule has 21 heavy (non-hydrogen) atoms. The van der Waals surface area contributed by atoms with Crippen molar-refractivity contribution in [3.8, 4) is 5.75 Å². The van der Waals surface area contributed by atoms with E-state index in [1.54, 1.807) is 6.20 Å². The van der Waals surface area contributed by atoms with Crippen LogP contribution in [0.2, 0.25) is 0 Å². The molecule has 1 heterocycles. The molecule has 2 aromatic rings. The average molecular weight is 284 g/mol. The number of aryl methyl sites for hydroxylation is 2. The van der Waals surface area contributed by atoms with Crippen molar-refractivity contribution >= 4 is 0 Å². The van der Waals surface area contributed by atoms with Crippen molar-refractivity contribution in [1.29, 1.82) is 0 Å². The van der Waals surface area contributed by atoms with E-state index in [4.69, 9.17) is 4.74 Å². The number of aromatic nitrogens is 1. The predicted molar refractivity (Wildman–Crippen MR) is 86.8 cm³/mol. The summed E-state index contributed by atoms with van der Waals surface area (Å²) in [6.07, 6.45) is 4.67. The highest BCUT2D eigenvalue weighted by Crippen LogP contribution is 2.25. The molecule has 1 atom stereocenters. The van der Waals surface area contributed by atoms with Crippen LogP contribution in [0.15, 0.2) is 36.7 Å². The Bertz CT molecular complexity index is 575. The number of pyridine rings is 1. The van der Waals surface area contributed by atoms with E-state index >= 15 is 0 Å². The van der Waals surface area contributed by atoms with Crippen LogP contribution in [0.25, 0.3) is 0 Å². The van der Waals surface area contributed by atoms with Crippen LogP contribution in [0, 0.1) is 13.8 Å². The van der Waals surface area contributed by atoms with E-state index in [9.17, 15) is 0 Å². The Balaban J connectivity index is 2.32. The molecule has 112 valence electrons. The standard InChI is InChI=1S/C18H24N2O/c1-5-6-21-17-10-16(11-20-12-17)18(19-4)15-8-13(2)7-14(3)9-15/h7-12,18-19H,5-6H2,1-4H3. The van der Waals surface area contributed by atoms with Crippen LogP contribution in [-0.4, -0.2) is 18.6 Å². The van der Waals surface area contributed by atoms with Gasteiger partial charge in [0.1, 0.15) is 5.75 Å². The van der Waals surface area contributed by atoms with E-state index < -0.39 is 0 Å². The van der Waals surface area contributed by atoms with E-state index in [1.165, 1.54) is 16.7 Å². The van der Waals surface area contributed by atoms with Crippen molar-refractivity contribution in [3.63, 3.8) is 0 Å². The van der Waals surface area contributed by atoms with E-state index in [2.05, 4.69) is 55.3 Å². The number of rotatable bonds is 6. The van der Waals surface area contributed by atoms with Crippen LogP contribution in [-0.2, 0) is 0 Å². The van der Waals surface area contributed by atoms with Crippen molar-refractivity contribution in [3.05, 3.63) is 58.9 Å². The molecule has 0 aliphatic heterocycles. The Hall–Kier alpha value is -1.87. The van der Waals surface area contributed by atoms with Crippen molar-refractivity contribution in [1.82, 2.24) is 10.3 Å². The summed E-state index contributed by atoms with van der Waals surface area (Å²) in [6.45, 7) is 7.08. The third-order valence-electron chi connectivity index (χ3n) is 3.41. The van der Waals surface area contributed by atoms with Crippen molar-refractivity contribution < 1.29 is 4.74 Å². The Kier molecular flexibility index (Phi) is 5.34. The van der Waals surface area contributed by atoms with Gasteiger partial charge in [0.25, 0.3) is 0 Å². The lowest BCUT2D eigenvalue weighted by atomic mass is 9.97. The van der Waals surface area contributed by atoms with Crippen molar-refractivity contribution in [2.24, 2.45) is 0 Å². The maximum absolute atomic E-state index is 5.68. The number of hydrogen-bond donors (Lipinski definition) is 1. The lowest BCUT2D eigenvalue weighted by molar-refractivity contribution is 0.315. The summed E-state index contributed by atoms with van der Waals surface area (Å²) < 4.78 is 5.68. The molecule has 0 bridgehead atoms. The predicted octanol–water partition coefficient (Wildman–Crippen LogP) is 3.80. The quantitative estimate of drug-likeness (QED) is 0.876. The first-order valence-corrected chi connectivity index (χ1v) is 7.47. The van der Waals surface area contributed by atoms with Gasteiger partial charge in [0.2, 0.25) is 0 Å².